The van der Waals surface area contributed by atoms with E-state index in [2.05, 4.69) is 36.5 Å². The van der Waals surface area contributed by atoms with E-state index in [0.29, 0.717) is 22.7 Å². The Bertz CT molecular complexity index is 957. The van der Waals surface area contributed by atoms with Gasteiger partial charge < -0.3 is 15.4 Å². The third-order valence-electron chi connectivity index (χ3n) is 4.07. The maximum Gasteiger partial charge on any atom is 0.416 e. The molecule has 166 valence electrons. The number of allylic oxidation sites excluding steroid dienone is 3. The summed E-state index contributed by atoms with van der Waals surface area (Å²) in [6.07, 6.45) is 3.43. The van der Waals surface area contributed by atoms with Crippen LogP contribution in [0.4, 0.5) is 18.9 Å². The number of benzene rings is 1. The van der Waals surface area contributed by atoms with E-state index in [9.17, 15) is 13.2 Å². The van der Waals surface area contributed by atoms with E-state index in [1.54, 1.807) is 19.3 Å². The molecule has 0 aliphatic carbocycles. The number of pyridine rings is 1. The molecule has 0 saturated heterocycles. The summed E-state index contributed by atoms with van der Waals surface area (Å²) in [6, 6.07) is 7.32. The summed E-state index contributed by atoms with van der Waals surface area (Å²) in [6.45, 7) is 4.16. The summed E-state index contributed by atoms with van der Waals surface area (Å²) < 4.78 is 45.2. The first-order valence-corrected chi connectivity index (χ1v) is 10.3. The number of halogens is 4. The highest BCUT2D eigenvalue weighted by atomic mass is 79.9. The number of alkyl halides is 3. The number of nitrogens with one attached hydrogen (secondary N) is 2. The number of ether oxygens (including phenoxy) is 1. The Kier molecular flexibility index (Phi) is 9.11. The van der Waals surface area contributed by atoms with E-state index in [4.69, 9.17) is 4.74 Å². The molecule has 0 unspecified atom stereocenters. The van der Waals surface area contributed by atoms with Gasteiger partial charge in [0.1, 0.15) is 17.4 Å². The van der Waals surface area contributed by atoms with Crippen LogP contribution in [0.15, 0.2) is 70.2 Å². The van der Waals surface area contributed by atoms with Gasteiger partial charge in [0.2, 0.25) is 0 Å². The van der Waals surface area contributed by atoms with Gasteiger partial charge in [-0.15, -0.1) is 0 Å². The third kappa shape index (κ3) is 8.09. The van der Waals surface area contributed by atoms with Crippen LogP contribution in [-0.4, -0.2) is 24.5 Å². The maximum atomic E-state index is 13.2. The van der Waals surface area contributed by atoms with Gasteiger partial charge >= 0.3 is 6.18 Å². The number of aromatic nitrogens is 1. The number of methoxy groups -OCH3 is 1. The van der Waals surface area contributed by atoms with Crippen molar-refractivity contribution in [2.75, 3.05) is 19.0 Å². The SMILES string of the molecule is CC=C/C(Br)=C(\N=C(C)Nc1cc(OC)cc(C(F)(F)F)c1)NCCc1ccncc1. The van der Waals surface area contributed by atoms with Crippen molar-refractivity contribution in [1.82, 2.24) is 10.3 Å². The summed E-state index contributed by atoms with van der Waals surface area (Å²) in [5.74, 6) is 1.07. The topological polar surface area (TPSA) is 58.5 Å². The second kappa shape index (κ2) is 11.5. The van der Waals surface area contributed by atoms with Crippen LogP contribution >= 0.6 is 15.9 Å². The molecule has 0 spiro atoms. The zero-order valence-electron chi connectivity index (χ0n) is 17.4. The molecule has 2 N–H and O–H groups in total. The molecule has 5 nitrogen and oxygen atoms in total. The highest BCUT2D eigenvalue weighted by Crippen LogP contribution is 2.34. The molecule has 0 bridgehead atoms. The lowest BCUT2D eigenvalue weighted by Crippen LogP contribution is -2.19. The van der Waals surface area contributed by atoms with Gasteiger partial charge in [-0.3, -0.25) is 4.98 Å². The van der Waals surface area contributed by atoms with Crippen molar-refractivity contribution in [2.45, 2.75) is 26.4 Å². The first-order chi connectivity index (χ1) is 14.7. The fourth-order valence-electron chi connectivity index (χ4n) is 2.63. The standard InChI is InChI=1S/C22H24BrF3N4O/c1-4-5-20(23)21(28-11-8-16-6-9-27-10-7-16)30-15(2)29-18-12-17(22(24,25)26)13-19(14-18)31-3/h4-7,9-10,12-14,28H,8,11H2,1-3H3,(H,29,30)/b5-4?,21-20+. The van der Waals surface area contributed by atoms with Crippen molar-refractivity contribution in [3.63, 3.8) is 0 Å². The van der Waals surface area contributed by atoms with E-state index in [1.165, 1.54) is 13.2 Å². The Morgan fingerprint density at radius 1 is 1.23 bits per heavy atom. The van der Waals surface area contributed by atoms with E-state index in [-0.39, 0.29) is 11.4 Å². The Morgan fingerprint density at radius 2 is 1.94 bits per heavy atom. The average molecular weight is 497 g/mol. The number of hydrogen-bond acceptors (Lipinski definition) is 4. The lowest BCUT2D eigenvalue weighted by Gasteiger charge is -2.14. The second-order valence-corrected chi connectivity index (χ2v) is 7.35. The molecule has 0 radical (unpaired) electrons. The molecule has 31 heavy (non-hydrogen) atoms. The molecule has 1 aromatic heterocycles. The van der Waals surface area contributed by atoms with E-state index in [1.807, 2.05) is 31.2 Å². The van der Waals surface area contributed by atoms with Crippen LogP contribution < -0.4 is 15.4 Å². The van der Waals surface area contributed by atoms with Gasteiger partial charge in [0, 0.05) is 30.7 Å². The van der Waals surface area contributed by atoms with Crippen molar-refractivity contribution >= 4 is 27.5 Å². The summed E-state index contributed by atoms with van der Waals surface area (Å²) >= 11 is 3.48. The van der Waals surface area contributed by atoms with E-state index in [0.717, 1.165) is 24.1 Å². The Labute approximate surface area is 188 Å². The number of rotatable bonds is 8. The van der Waals surface area contributed by atoms with E-state index < -0.39 is 11.7 Å². The monoisotopic (exact) mass is 496 g/mol. The first-order valence-electron chi connectivity index (χ1n) is 9.46. The number of amidine groups is 1. The Morgan fingerprint density at radius 3 is 2.55 bits per heavy atom. The van der Waals surface area contributed by atoms with Gasteiger partial charge in [0.25, 0.3) is 0 Å². The van der Waals surface area contributed by atoms with Gasteiger partial charge in [-0.05, 0) is 72.1 Å². The smallest absolute Gasteiger partial charge is 0.416 e. The van der Waals surface area contributed by atoms with Crippen LogP contribution in [0, 0.1) is 0 Å². The summed E-state index contributed by atoms with van der Waals surface area (Å²) in [4.78, 5) is 8.51. The zero-order valence-corrected chi connectivity index (χ0v) is 19.0. The van der Waals surface area contributed by atoms with E-state index >= 15 is 0 Å². The van der Waals surface area contributed by atoms with Crippen LogP contribution in [0.5, 0.6) is 5.75 Å². The minimum atomic E-state index is -4.48. The van der Waals surface area contributed by atoms with Crippen molar-refractivity contribution in [2.24, 2.45) is 4.99 Å². The molecule has 0 atom stereocenters. The second-order valence-electron chi connectivity index (χ2n) is 6.50. The van der Waals surface area contributed by atoms with Crippen molar-refractivity contribution in [3.05, 3.63) is 76.3 Å². The van der Waals surface area contributed by atoms with Gasteiger partial charge in [-0.1, -0.05) is 6.08 Å². The van der Waals surface area contributed by atoms with Crippen LogP contribution in [0.1, 0.15) is 25.0 Å². The van der Waals surface area contributed by atoms with Crippen molar-refractivity contribution < 1.29 is 17.9 Å². The number of aliphatic imine (C=N–C) groups is 1. The maximum absolute atomic E-state index is 13.2. The molecule has 0 saturated carbocycles. The van der Waals surface area contributed by atoms with Gasteiger partial charge in [0.15, 0.2) is 0 Å². The van der Waals surface area contributed by atoms with Crippen LogP contribution in [0.25, 0.3) is 0 Å². The number of nitrogens with zero attached hydrogens (tertiary/aromatic N) is 2. The molecular weight excluding hydrogens is 473 g/mol. The Balaban J connectivity index is 2.20. The molecule has 0 fully saturated rings. The van der Waals surface area contributed by atoms with Crippen LogP contribution in [0.2, 0.25) is 0 Å². The van der Waals surface area contributed by atoms with Gasteiger partial charge in [-0.25, -0.2) is 4.99 Å². The minimum Gasteiger partial charge on any atom is -0.497 e. The summed E-state index contributed by atoms with van der Waals surface area (Å²) in [7, 11) is 1.32. The highest BCUT2D eigenvalue weighted by Gasteiger charge is 2.31. The summed E-state index contributed by atoms with van der Waals surface area (Å²) in [5.41, 5.74) is 0.550. The quantitative estimate of drug-likeness (QED) is 0.271. The minimum absolute atomic E-state index is 0.103. The highest BCUT2D eigenvalue weighted by molar-refractivity contribution is 9.11. The molecule has 1 heterocycles. The first kappa shape index (κ1) is 24.5. The average Bonchev–Trinajstić information content (AvgIpc) is 2.73. The van der Waals surface area contributed by atoms with Crippen molar-refractivity contribution in [3.8, 4) is 5.75 Å². The Hall–Kier alpha value is -2.81. The molecule has 0 aliphatic rings. The van der Waals surface area contributed by atoms with Crippen molar-refractivity contribution in [1.29, 1.82) is 0 Å². The zero-order chi connectivity index (χ0) is 22.9. The largest absolute Gasteiger partial charge is 0.497 e. The summed E-state index contributed by atoms with van der Waals surface area (Å²) in [5, 5.41) is 6.16. The van der Waals surface area contributed by atoms with Crippen LogP contribution in [0.3, 0.4) is 0 Å². The fraction of sp³-hybridized carbons (Fsp3) is 0.273. The van der Waals surface area contributed by atoms with Gasteiger partial charge in [-0.2, -0.15) is 13.2 Å². The molecular formula is C22H24BrF3N4O. The van der Waals surface area contributed by atoms with Gasteiger partial charge in [0.05, 0.1) is 17.2 Å². The molecule has 9 heteroatoms. The molecule has 1 aromatic carbocycles. The fourth-order valence-corrected chi connectivity index (χ4v) is 3.13. The predicted octanol–water partition coefficient (Wildman–Crippen LogP) is 5.91. The third-order valence-corrected chi connectivity index (χ3v) is 4.71. The molecule has 0 aliphatic heterocycles. The molecule has 2 aromatic rings. The lowest BCUT2D eigenvalue weighted by atomic mass is 10.1. The van der Waals surface area contributed by atoms with Crippen LogP contribution in [-0.2, 0) is 12.6 Å². The number of hydrogen-bond donors (Lipinski definition) is 2. The lowest BCUT2D eigenvalue weighted by molar-refractivity contribution is -0.137. The number of anilines is 1. The normalized spacial score (nSPS) is 13.2. The molecule has 0 amide bonds. The molecule has 2 rings (SSSR count). The predicted molar refractivity (Wildman–Crippen MR) is 121 cm³/mol.